The van der Waals surface area contributed by atoms with Gasteiger partial charge in [0.05, 0.1) is 11.1 Å². The largest absolute Gasteiger partial charge is 0.375 e. The summed E-state index contributed by atoms with van der Waals surface area (Å²) in [6.45, 7) is 6.23. The Morgan fingerprint density at radius 2 is 1.81 bits per heavy atom. The molecule has 2 aromatic carbocycles. The standard InChI is InChI=1S/C18H22N4O2S2/c1-18(2,3)14-7-9-16(10-8-14)26(23,24)22-15-6-4-5-13(11-15)12-20-21-17(19)25/h4-12,22H,1-3H3,(H3,19,21,25). The van der Waals surface area contributed by atoms with Gasteiger partial charge in [-0.05, 0) is 53.0 Å². The second-order valence-corrected chi connectivity index (χ2v) is 8.86. The number of sulfonamides is 1. The number of nitrogens with zero attached hydrogens (tertiary/aromatic N) is 1. The van der Waals surface area contributed by atoms with Crippen molar-refractivity contribution in [1.29, 1.82) is 0 Å². The molecule has 0 radical (unpaired) electrons. The topological polar surface area (TPSA) is 96.6 Å². The van der Waals surface area contributed by atoms with Crippen molar-refractivity contribution in [2.75, 3.05) is 4.72 Å². The van der Waals surface area contributed by atoms with Gasteiger partial charge in [0.15, 0.2) is 5.11 Å². The molecule has 138 valence electrons. The molecular weight excluding hydrogens is 368 g/mol. The SMILES string of the molecule is CC(C)(C)c1ccc(S(=O)(=O)Nc2cccc(C=NNC(N)=S)c2)cc1. The molecule has 4 N–H and O–H groups in total. The Bertz CT molecular complexity index is 915. The van der Waals surface area contributed by atoms with Gasteiger partial charge in [-0.15, -0.1) is 0 Å². The molecule has 0 spiro atoms. The molecule has 0 atom stereocenters. The third kappa shape index (κ3) is 5.53. The van der Waals surface area contributed by atoms with Gasteiger partial charge in [-0.25, -0.2) is 8.42 Å². The van der Waals surface area contributed by atoms with E-state index in [1.165, 1.54) is 6.21 Å². The van der Waals surface area contributed by atoms with Crippen molar-refractivity contribution >= 4 is 39.3 Å². The predicted octanol–water partition coefficient (Wildman–Crippen LogP) is 2.95. The summed E-state index contributed by atoms with van der Waals surface area (Å²) in [4.78, 5) is 0.208. The average molecular weight is 391 g/mol. The quantitative estimate of drug-likeness (QED) is 0.414. The minimum absolute atomic E-state index is 0.0384. The Morgan fingerprint density at radius 3 is 2.38 bits per heavy atom. The van der Waals surface area contributed by atoms with Crippen LogP contribution < -0.4 is 15.9 Å². The Balaban J connectivity index is 2.19. The number of hydrazone groups is 1. The maximum absolute atomic E-state index is 12.6. The van der Waals surface area contributed by atoms with Crippen molar-refractivity contribution in [2.24, 2.45) is 10.8 Å². The summed E-state index contributed by atoms with van der Waals surface area (Å²) in [5.41, 5.74) is 9.89. The van der Waals surface area contributed by atoms with Crippen LogP contribution in [0, 0.1) is 0 Å². The smallest absolute Gasteiger partial charge is 0.261 e. The molecule has 2 rings (SSSR count). The number of benzene rings is 2. The van der Waals surface area contributed by atoms with Gasteiger partial charge >= 0.3 is 0 Å². The average Bonchev–Trinajstić information content (AvgIpc) is 2.54. The molecule has 2 aromatic rings. The summed E-state index contributed by atoms with van der Waals surface area (Å²) in [6.07, 6.45) is 1.50. The van der Waals surface area contributed by atoms with Crippen LogP contribution in [0.1, 0.15) is 31.9 Å². The van der Waals surface area contributed by atoms with Crippen LogP contribution in [0.5, 0.6) is 0 Å². The Morgan fingerprint density at radius 1 is 1.15 bits per heavy atom. The van der Waals surface area contributed by atoms with E-state index in [4.69, 9.17) is 5.73 Å². The molecule has 0 unspecified atom stereocenters. The van der Waals surface area contributed by atoms with Crippen molar-refractivity contribution in [1.82, 2.24) is 5.43 Å². The number of hydrogen-bond acceptors (Lipinski definition) is 4. The summed E-state index contributed by atoms with van der Waals surface area (Å²) in [7, 11) is -3.68. The summed E-state index contributed by atoms with van der Waals surface area (Å²) in [5, 5.41) is 3.90. The number of rotatable bonds is 5. The van der Waals surface area contributed by atoms with Gasteiger partial charge in [0, 0.05) is 5.69 Å². The predicted molar refractivity (Wildman–Crippen MR) is 110 cm³/mol. The van der Waals surface area contributed by atoms with Crippen LogP contribution in [0.4, 0.5) is 5.69 Å². The first-order valence-electron chi connectivity index (χ1n) is 7.90. The Labute approximate surface area is 159 Å². The number of nitrogens with one attached hydrogen (secondary N) is 2. The highest BCUT2D eigenvalue weighted by atomic mass is 32.2. The lowest BCUT2D eigenvalue weighted by molar-refractivity contribution is 0.587. The fraction of sp³-hybridized carbons (Fsp3) is 0.222. The second kappa shape index (κ2) is 7.84. The molecule has 0 amide bonds. The number of anilines is 1. The van der Waals surface area contributed by atoms with E-state index in [0.717, 1.165) is 5.56 Å². The molecule has 0 aromatic heterocycles. The number of thiocarbonyl (C=S) groups is 1. The van der Waals surface area contributed by atoms with E-state index in [-0.39, 0.29) is 15.4 Å². The summed E-state index contributed by atoms with van der Waals surface area (Å²) < 4.78 is 27.7. The minimum Gasteiger partial charge on any atom is -0.375 e. The molecule has 0 saturated carbocycles. The fourth-order valence-electron chi connectivity index (χ4n) is 2.20. The van der Waals surface area contributed by atoms with E-state index in [1.54, 1.807) is 36.4 Å². The third-order valence-corrected chi connectivity index (χ3v) is 5.05. The molecule has 0 fully saturated rings. The molecule has 0 bridgehead atoms. The highest BCUT2D eigenvalue weighted by Gasteiger charge is 2.17. The highest BCUT2D eigenvalue weighted by molar-refractivity contribution is 7.92. The van der Waals surface area contributed by atoms with Gasteiger partial charge in [0.1, 0.15) is 0 Å². The van der Waals surface area contributed by atoms with Gasteiger partial charge < -0.3 is 5.73 Å². The molecule has 0 heterocycles. The maximum atomic E-state index is 12.6. The minimum atomic E-state index is -3.68. The summed E-state index contributed by atoms with van der Waals surface area (Å²) in [5.74, 6) is 0. The van der Waals surface area contributed by atoms with Gasteiger partial charge in [-0.2, -0.15) is 5.10 Å². The summed E-state index contributed by atoms with van der Waals surface area (Å²) in [6, 6.07) is 13.7. The van der Waals surface area contributed by atoms with E-state index in [1.807, 2.05) is 12.1 Å². The van der Waals surface area contributed by atoms with Crippen LogP contribution in [0.2, 0.25) is 0 Å². The van der Waals surface area contributed by atoms with Gasteiger partial charge in [0.2, 0.25) is 0 Å². The van der Waals surface area contributed by atoms with Crippen LogP contribution >= 0.6 is 12.2 Å². The first-order valence-corrected chi connectivity index (χ1v) is 9.79. The first kappa shape index (κ1) is 19.9. The van der Waals surface area contributed by atoms with E-state index in [0.29, 0.717) is 11.3 Å². The molecule has 26 heavy (non-hydrogen) atoms. The zero-order valence-electron chi connectivity index (χ0n) is 14.9. The Hall–Kier alpha value is -2.45. The number of nitrogens with two attached hydrogens (primary N) is 1. The van der Waals surface area contributed by atoms with E-state index in [2.05, 4.69) is 48.2 Å². The van der Waals surface area contributed by atoms with Crippen molar-refractivity contribution < 1.29 is 8.42 Å². The van der Waals surface area contributed by atoms with E-state index >= 15 is 0 Å². The zero-order valence-corrected chi connectivity index (χ0v) is 16.5. The van der Waals surface area contributed by atoms with Crippen LogP contribution in [0.15, 0.2) is 58.5 Å². The third-order valence-electron chi connectivity index (χ3n) is 3.56. The molecular formula is C18H22N4O2S2. The van der Waals surface area contributed by atoms with Crippen LogP contribution in [-0.4, -0.2) is 19.7 Å². The van der Waals surface area contributed by atoms with Gasteiger partial charge in [-0.1, -0.05) is 45.0 Å². The lowest BCUT2D eigenvalue weighted by Gasteiger charge is -2.19. The first-order chi connectivity index (χ1) is 12.1. The normalized spacial score (nSPS) is 12.1. The van der Waals surface area contributed by atoms with Crippen molar-refractivity contribution in [3.05, 3.63) is 59.7 Å². The zero-order chi connectivity index (χ0) is 19.4. The highest BCUT2D eigenvalue weighted by Crippen LogP contribution is 2.24. The molecule has 0 aliphatic carbocycles. The van der Waals surface area contributed by atoms with Gasteiger partial charge in [0.25, 0.3) is 10.0 Å². The van der Waals surface area contributed by atoms with Crippen molar-refractivity contribution in [2.45, 2.75) is 31.1 Å². The maximum Gasteiger partial charge on any atom is 0.261 e. The molecule has 6 nitrogen and oxygen atoms in total. The lowest BCUT2D eigenvalue weighted by atomic mass is 9.87. The van der Waals surface area contributed by atoms with Crippen LogP contribution in [-0.2, 0) is 15.4 Å². The van der Waals surface area contributed by atoms with Crippen LogP contribution in [0.3, 0.4) is 0 Å². The van der Waals surface area contributed by atoms with E-state index in [9.17, 15) is 8.42 Å². The monoisotopic (exact) mass is 390 g/mol. The van der Waals surface area contributed by atoms with Crippen molar-refractivity contribution in [3.8, 4) is 0 Å². The molecule has 0 saturated heterocycles. The molecule has 8 heteroatoms. The molecule has 0 aliphatic heterocycles. The fourth-order valence-corrected chi connectivity index (χ4v) is 3.30. The van der Waals surface area contributed by atoms with Crippen LogP contribution in [0.25, 0.3) is 0 Å². The Kier molecular flexibility index (Phi) is 5.99. The second-order valence-electron chi connectivity index (χ2n) is 6.74. The van der Waals surface area contributed by atoms with E-state index < -0.39 is 10.0 Å². The van der Waals surface area contributed by atoms with Crippen molar-refractivity contribution in [3.63, 3.8) is 0 Å². The lowest BCUT2D eigenvalue weighted by Crippen LogP contribution is -2.24. The molecule has 0 aliphatic rings. The van der Waals surface area contributed by atoms with Gasteiger partial charge in [-0.3, -0.25) is 10.1 Å². The summed E-state index contributed by atoms with van der Waals surface area (Å²) >= 11 is 4.66. The number of hydrogen-bond donors (Lipinski definition) is 3.